The third-order valence-electron chi connectivity index (χ3n) is 2.45. The lowest BCUT2D eigenvalue weighted by Gasteiger charge is -2.37. The van der Waals surface area contributed by atoms with Crippen LogP contribution in [0.3, 0.4) is 0 Å². The predicted octanol–water partition coefficient (Wildman–Crippen LogP) is -0.0931. The average molecular weight is 194 g/mol. The molecule has 1 aliphatic heterocycles. The second-order valence-electron chi connectivity index (χ2n) is 3.19. The topological polar surface area (TPSA) is 54.3 Å². The molecule has 2 atom stereocenters. The Balaban J connectivity index is 2.73. The second kappa shape index (κ2) is 4.97. The summed E-state index contributed by atoms with van der Waals surface area (Å²) in [5.41, 5.74) is -0.695. The first kappa shape index (κ1) is 11.0. The molecule has 1 fully saturated rings. The molecular weight excluding hydrogens is 180 g/mol. The van der Waals surface area contributed by atoms with E-state index >= 15 is 0 Å². The van der Waals surface area contributed by atoms with E-state index in [0.717, 1.165) is 0 Å². The maximum atomic E-state index is 9.15. The molecule has 0 aromatic rings. The first-order valence-electron chi connectivity index (χ1n) is 4.49. The van der Waals surface area contributed by atoms with Crippen molar-refractivity contribution < 1.29 is 9.47 Å². The van der Waals surface area contributed by atoms with Gasteiger partial charge in [0.1, 0.15) is 11.6 Å². The number of nitriles is 1. The first-order valence-corrected chi connectivity index (χ1v) is 4.49. The molecule has 1 aliphatic rings. The maximum Gasteiger partial charge on any atom is 0.138 e. The van der Waals surface area contributed by atoms with Gasteiger partial charge in [0.05, 0.1) is 19.2 Å². The highest BCUT2D eigenvalue weighted by Crippen LogP contribution is 2.22. The number of terminal acetylenes is 1. The number of ether oxygens (including phenoxy) is 2. The number of nitrogens with one attached hydrogen (secondary N) is 1. The van der Waals surface area contributed by atoms with Gasteiger partial charge in [0.25, 0.3) is 0 Å². The van der Waals surface area contributed by atoms with Gasteiger partial charge < -0.3 is 9.47 Å². The van der Waals surface area contributed by atoms with Crippen molar-refractivity contribution in [3.05, 3.63) is 0 Å². The van der Waals surface area contributed by atoms with Crippen LogP contribution in [0.25, 0.3) is 0 Å². The van der Waals surface area contributed by atoms with Gasteiger partial charge in [0.2, 0.25) is 0 Å². The van der Waals surface area contributed by atoms with Crippen molar-refractivity contribution >= 4 is 0 Å². The Hall–Kier alpha value is -1.07. The lowest BCUT2D eigenvalue weighted by atomic mass is 9.89. The van der Waals surface area contributed by atoms with Gasteiger partial charge in [-0.2, -0.15) is 5.26 Å². The zero-order chi connectivity index (χ0) is 10.4. The normalized spacial score (nSPS) is 31.8. The minimum absolute atomic E-state index is 0.255. The summed E-state index contributed by atoms with van der Waals surface area (Å²) in [6.45, 7) is 1.36. The standard InChI is InChI=1S/C10H14N2O2/c1-3-5-12-10(8-11)4-6-14-7-9(10)13-2/h1,9,12H,4-7H2,2H3. The molecule has 4 heteroatoms. The van der Waals surface area contributed by atoms with Gasteiger partial charge in [-0.15, -0.1) is 6.42 Å². The number of nitrogens with zero attached hydrogens (tertiary/aromatic N) is 1. The first-order chi connectivity index (χ1) is 6.79. The lowest BCUT2D eigenvalue weighted by Crippen LogP contribution is -2.59. The average Bonchev–Trinajstić information content (AvgIpc) is 2.26. The highest BCUT2D eigenvalue weighted by molar-refractivity contribution is 5.15. The molecule has 76 valence electrons. The Morgan fingerprint density at radius 3 is 3.14 bits per heavy atom. The molecular formula is C10H14N2O2. The predicted molar refractivity (Wildman–Crippen MR) is 51.4 cm³/mol. The van der Waals surface area contributed by atoms with E-state index in [0.29, 0.717) is 26.2 Å². The molecule has 1 heterocycles. The molecule has 2 unspecified atom stereocenters. The Morgan fingerprint density at radius 2 is 2.57 bits per heavy atom. The molecule has 0 amide bonds. The van der Waals surface area contributed by atoms with E-state index in [4.69, 9.17) is 21.2 Å². The number of rotatable bonds is 3. The van der Waals surface area contributed by atoms with Crippen molar-refractivity contribution in [1.29, 1.82) is 5.26 Å². The van der Waals surface area contributed by atoms with Crippen LogP contribution in [-0.4, -0.2) is 38.5 Å². The van der Waals surface area contributed by atoms with Crippen LogP contribution in [0.2, 0.25) is 0 Å². The number of hydrogen-bond acceptors (Lipinski definition) is 4. The number of methoxy groups -OCH3 is 1. The largest absolute Gasteiger partial charge is 0.379 e. The Labute approximate surface area is 84.2 Å². The van der Waals surface area contributed by atoms with Gasteiger partial charge in [-0.05, 0) is 0 Å². The van der Waals surface area contributed by atoms with E-state index in [1.165, 1.54) is 0 Å². The SMILES string of the molecule is C#CCNC1(C#N)CCOCC1OC. The molecule has 0 bridgehead atoms. The highest BCUT2D eigenvalue weighted by Gasteiger charge is 2.41. The maximum absolute atomic E-state index is 9.15. The molecule has 0 aliphatic carbocycles. The van der Waals surface area contributed by atoms with E-state index in [-0.39, 0.29) is 6.10 Å². The summed E-state index contributed by atoms with van der Waals surface area (Å²) < 4.78 is 10.5. The second-order valence-corrected chi connectivity index (χ2v) is 3.19. The van der Waals surface area contributed by atoms with Gasteiger partial charge in [0, 0.05) is 20.1 Å². The van der Waals surface area contributed by atoms with Crippen LogP contribution in [-0.2, 0) is 9.47 Å². The third kappa shape index (κ3) is 2.05. The van der Waals surface area contributed by atoms with Gasteiger partial charge in [-0.1, -0.05) is 5.92 Å². The smallest absolute Gasteiger partial charge is 0.138 e. The summed E-state index contributed by atoms with van der Waals surface area (Å²) >= 11 is 0. The van der Waals surface area contributed by atoms with Crippen LogP contribution in [0.4, 0.5) is 0 Å². The quantitative estimate of drug-likeness (QED) is 0.638. The minimum atomic E-state index is -0.695. The minimum Gasteiger partial charge on any atom is -0.379 e. The zero-order valence-corrected chi connectivity index (χ0v) is 8.25. The van der Waals surface area contributed by atoms with Crippen molar-refractivity contribution in [2.24, 2.45) is 0 Å². The highest BCUT2D eigenvalue weighted by atomic mass is 16.5. The molecule has 0 aromatic carbocycles. The Bertz CT molecular complexity index is 266. The monoisotopic (exact) mass is 194 g/mol. The summed E-state index contributed by atoms with van der Waals surface area (Å²) in [6, 6.07) is 2.24. The van der Waals surface area contributed by atoms with Crippen LogP contribution >= 0.6 is 0 Å². The molecule has 0 spiro atoms. The fraction of sp³-hybridized carbons (Fsp3) is 0.700. The van der Waals surface area contributed by atoms with E-state index in [1.807, 2.05) is 0 Å². The Morgan fingerprint density at radius 1 is 1.79 bits per heavy atom. The molecule has 1 saturated heterocycles. The third-order valence-corrected chi connectivity index (χ3v) is 2.45. The number of hydrogen-bond donors (Lipinski definition) is 1. The van der Waals surface area contributed by atoms with E-state index in [9.17, 15) is 0 Å². The van der Waals surface area contributed by atoms with Crippen LogP contribution in [0.15, 0.2) is 0 Å². The van der Waals surface area contributed by atoms with Crippen molar-refractivity contribution in [3.63, 3.8) is 0 Å². The molecule has 1 N–H and O–H groups in total. The van der Waals surface area contributed by atoms with Crippen LogP contribution in [0, 0.1) is 23.7 Å². The van der Waals surface area contributed by atoms with Crippen molar-refractivity contribution in [2.45, 2.75) is 18.1 Å². The van der Waals surface area contributed by atoms with Crippen LogP contribution in [0.1, 0.15) is 6.42 Å². The van der Waals surface area contributed by atoms with Crippen molar-refractivity contribution in [3.8, 4) is 18.4 Å². The van der Waals surface area contributed by atoms with Crippen molar-refractivity contribution in [2.75, 3.05) is 26.9 Å². The molecule has 14 heavy (non-hydrogen) atoms. The van der Waals surface area contributed by atoms with Crippen molar-refractivity contribution in [1.82, 2.24) is 5.32 Å². The molecule has 1 rings (SSSR count). The summed E-state index contributed by atoms with van der Waals surface area (Å²) in [5.74, 6) is 2.46. The molecule has 4 nitrogen and oxygen atoms in total. The Kier molecular flexibility index (Phi) is 3.91. The van der Waals surface area contributed by atoms with Crippen LogP contribution in [0.5, 0.6) is 0 Å². The van der Waals surface area contributed by atoms with E-state index in [1.54, 1.807) is 7.11 Å². The molecule has 0 aromatic heterocycles. The summed E-state index contributed by atoms with van der Waals surface area (Å²) in [4.78, 5) is 0. The zero-order valence-electron chi connectivity index (χ0n) is 8.25. The van der Waals surface area contributed by atoms with Gasteiger partial charge in [-0.3, -0.25) is 5.32 Å². The lowest BCUT2D eigenvalue weighted by molar-refractivity contribution is -0.0705. The molecule has 0 radical (unpaired) electrons. The van der Waals surface area contributed by atoms with E-state index < -0.39 is 5.54 Å². The summed E-state index contributed by atoms with van der Waals surface area (Å²) in [6.07, 6.45) is 5.50. The summed E-state index contributed by atoms with van der Waals surface area (Å²) in [7, 11) is 1.57. The molecule has 0 saturated carbocycles. The fourth-order valence-corrected chi connectivity index (χ4v) is 1.57. The van der Waals surface area contributed by atoms with Gasteiger partial charge in [-0.25, -0.2) is 0 Å². The van der Waals surface area contributed by atoms with Gasteiger partial charge in [0.15, 0.2) is 0 Å². The van der Waals surface area contributed by atoms with Crippen LogP contribution < -0.4 is 5.32 Å². The van der Waals surface area contributed by atoms with Gasteiger partial charge >= 0.3 is 0 Å². The van der Waals surface area contributed by atoms with E-state index in [2.05, 4.69) is 17.3 Å². The summed E-state index contributed by atoms with van der Waals surface area (Å²) in [5, 5.41) is 12.2. The fourth-order valence-electron chi connectivity index (χ4n) is 1.57.